The van der Waals surface area contributed by atoms with Gasteiger partial charge in [0.1, 0.15) is 5.82 Å². The first-order valence-electron chi connectivity index (χ1n) is 6.69. The van der Waals surface area contributed by atoms with Gasteiger partial charge in [0.05, 0.1) is 6.61 Å². The van der Waals surface area contributed by atoms with Crippen molar-refractivity contribution in [1.29, 1.82) is 0 Å². The van der Waals surface area contributed by atoms with E-state index in [1.807, 2.05) is 18.2 Å². The molecule has 0 aliphatic heterocycles. The summed E-state index contributed by atoms with van der Waals surface area (Å²) in [6.07, 6.45) is 1.79. The lowest BCUT2D eigenvalue weighted by Crippen LogP contribution is -2.28. The number of hydrogen-bond donors (Lipinski definition) is 3. The molecule has 2 aromatic rings. The maximum absolute atomic E-state index is 13.6. The number of halogens is 1. The number of aliphatic hydroxyl groups is 1. The second-order valence-electron chi connectivity index (χ2n) is 4.64. The zero-order valence-electron chi connectivity index (χ0n) is 12.1. The van der Waals surface area contributed by atoms with Crippen molar-refractivity contribution in [1.82, 2.24) is 5.32 Å². The Morgan fingerprint density at radius 3 is 2.68 bits per heavy atom. The van der Waals surface area contributed by atoms with Gasteiger partial charge in [0, 0.05) is 17.1 Å². The molecule has 0 aromatic heterocycles. The lowest BCUT2D eigenvalue weighted by atomic mass is 10.1. The summed E-state index contributed by atoms with van der Waals surface area (Å²) in [5, 5.41) is 14.3. The fourth-order valence-corrected chi connectivity index (χ4v) is 2.40. The highest BCUT2D eigenvalue weighted by molar-refractivity contribution is 7.98. The first kappa shape index (κ1) is 16.3. The van der Waals surface area contributed by atoms with Gasteiger partial charge in [-0.1, -0.05) is 24.3 Å². The van der Waals surface area contributed by atoms with E-state index in [0.29, 0.717) is 17.1 Å². The minimum absolute atomic E-state index is 0.0406. The number of rotatable bonds is 5. The van der Waals surface area contributed by atoms with Gasteiger partial charge in [-0.2, -0.15) is 0 Å². The van der Waals surface area contributed by atoms with Crippen molar-refractivity contribution in [2.24, 2.45) is 0 Å². The third kappa shape index (κ3) is 4.47. The van der Waals surface area contributed by atoms with Gasteiger partial charge in [-0.05, 0) is 35.6 Å². The van der Waals surface area contributed by atoms with Gasteiger partial charge in [0.15, 0.2) is 0 Å². The number of carbonyl (C=O) groups is 1. The Hall–Kier alpha value is -2.05. The summed E-state index contributed by atoms with van der Waals surface area (Å²) in [7, 11) is 0. The van der Waals surface area contributed by atoms with Gasteiger partial charge in [-0.15, -0.1) is 11.8 Å². The van der Waals surface area contributed by atoms with E-state index in [1.54, 1.807) is 24.5 Å². The van der Waals surface area contributed by atoms with E-state index in [4.69, 9.17) is 5.11 Å². The number of hydrogen-bond acceptors (Lipinski definition) is 3. The van der Waals surface area contributed by atoms with Crippen LogP contribution in [0.15, 0.2) is 47.4 Å². The maximum atomic E-state index is 13.6. The van der Waals surface area contributed by atoms with Crippen LogP contribution in [0.3, 0.4) is 0 Å². The number of carbonyl (C=O) groups excluding carboxylic acids is 1. The van der Waals surface area contributed by atoms with Gasteiger partial charge < -0.3 is 15.7 Å². The van der Waals surface area contributed by atoms with E-state index in [1.165, 1.54) is 17.8 Å². The molecular formula is C16H17FN2O2S. The van der Waals surface area contributed by atoms with Crippen molar-refractivity contribution in [2.45, 2.75) is 18.0 Å². The first-order valence-corrected chi connectivity index (χ1v) is 7.92. The second-order valence-corrected chi connectivity index (χ2v) is 5.48. The average Bonchev–Trinajstić information content (AvgIpc) is 2.53. The van der Waals surface area contributed by atoms with Gasteiger partial charge in [-0.25, -0.2) is 9.18 Å². The predicted octanol–water partition coefficient (Wildman–Crippen LogP) is 3.36. The second kappa shape index (κ2) is 7.82. The van der Waals surface area contributed by atoms with Crippen molar-refractivity contribution in [2.75, 3.05) is 11.6 Å². The van der Waals surface area contributed by atoms with E-state index in [0.717, 1.165) is 11.1 Å². The molecular weight excluding hydrogens is 303 g/mol. The van der Waals surface area contributed by atoms with Crippen molar-refractivity contribution in [3.63, 3.8) is 0 Å². The third-order valence-corrected chi connectivity index (χ3v) is 3.81. The molecule has 0 saturated carbocycles. The molecule has 6 heteroatoms. The fraction of sp³-hybridized carbons (Fsp3) is 0.188. The number of anilines is 1. The molecule has 2 amide bonds. The van der Waals surface area contributed by atoms with Crippen LogP contribution in [-0.4, -0.2) is 17.4 Å². The van der Waals surface area contributed by atoms with E-state index < -0.39 is 6.03 Å². The van der Waals surface area contributed by atoms with Crippen LogP contribution in [0, 0.1) is 5.82 Å². The molecule has 0 saturated heterocycles. The van der Waals surface area contributed by atoms with Gasteiger partial charge in [0.2, 0.25) is 0 Å². The van der Waals surface area contributed by atoms with Crippen LogP contribution in [0.4, 0.5) is 14.9 Å². The van der Waals surface area contributed by atoms with E-state index in [-0.39, 0.29) is 12.4 Å². The summed E-state index contributed by atoms with van der Waals surface area (Å²) in [4.78, 5) is 12.3. The van der Waals surface area contributed by atoms with Crippen molar-refractivity contribution >= 4 is 23.5 Å². The van der Waals surface area contributed by atoms with E-state index in [9.17, 15) is 9.18 Å². The first-order chi connectivity index (χ1) is 10.6. The molecule has 0 atom stereocenters. The molecule has 0 unspecified atom stereocenters. The Morgan fingerprint density at radius 2 is 2.00 bits per heavy atom. The number of aliphatic hydroxyl groups excluding tert-OH is 1. The normalized spacial score (nSPS) is 10.3. The number of amides is 2. The largest absolute Gasteiger partial charge is 0.392 e. The van der Waals surface area contributed by atoms with Crippen LogP contribution in [0.5, 0.6) is 0 Å². The highest BCUT2D eigenvalue weighted by Gasteiger charge is 2.06. The summed E-state index contributed by atoms with van der Waals surface area (Å²) in [6, 6.07) is 11.4. The molecule has 0 fully saturated rings. The van der Waals surface area contributed by atoms with Gasteiger partial charge >= 0.3 is 6.03 Å². The topological polar surface area (TPSA) is 61.4 Å². The fourth-order valence-electron chi connectivity index (χ4n) is 1.94. The van der Waals surface area contributed by atoms with Crippen molar-refractivity contribution in [3.05, 3.63) is 59.4 Å². The number of benzene rings is 2. The molecule has 0 aliphatic rings. The minimum atomic E-state index is -0.411. The Labute approximate surface area is 132 Å². The molecule has 2 rings (SSSR count). The SMILES string of the molecule is CSc1ccc(NC(=O)NCc2cccc(CO)c2)cc1F. The zero-order chi connectivity index (χ0) is 15.9. The lowest BCUT2D eigenvalue weighted by Gasteiger charge is -2.09. The Morgan fingerprint density at radius 1 is 1.23 bits per heavy atom. The van der Waals surface area contributed by atoms with Crippen LogP contribution in [0.2, 0.25) is 0 Å². The maximum Gasteiger partial charge on any atom is 0.319 e. The molecule has 3 N–H and O–H groups in total. The zero-order valence-corrected chi connectivity index (χ0v) is 12.9. The number of nitrogens with one attached hydrogen (secondary N) is 2. The Balaban J connectivity index is 1.91. The van der Waals surface area contributed by atoms with Crippen LogP contribution >= 0.6 is 11.8 Å². The molecule has 0 heterocycles. The minimum Gasteiger partial charge on any atom is -0.392 e. The van der Waals surface area contributed by atoms with Crippen LogP contribution < -0.4 is 10.6 Å². The predicted molar refractivity (Wildman–Crippen MR) is 86.4 cm³/mol. The van der Waals surface area contributed by atoms with Crippen molar-refractivity contribution in [3.8, 4) is 0 Å². The molecule has 0 radical (unpaired) electrons. The van der Waals surface area contributed by atoms with Crippen LogP contribution in [-0.2, 0) is 13.2 Å². The van der Waals surface area contributed by atoms with E-state index >= 15 is 0 Å². The average molecular weight is 320 g/mol. The summed E-state index contributed by atoms with van der Waals surface area (Å²) >= 11 is 1.31. The molecule has 4 nitrogen and oxygen atoms in total. The summed E-state index contributed by atoms with van der Waals surface area (Å²) < 4.78 is 13.6. The summed E-state index contributed by atoms with van der Waals surface area (Å²) in [6.45, 7) is 0.284. The highest BCUT2D eigenvalue weighted by atomic mass is 32.2. The molecule has 2 aromatic carbocycles. The monoisotopic (exact) mass is 320 g/mol. The molecule has 22 heavy (non-hydrogen) atoms. The molecule has 0 aliphatic carbocycles. The van der Waals surface area contributed by atoms with Gasteiger partial charge in [-0.3, -0.25) is 0 Å². The standard InChI is InChI=1S/C16H17FN2O2S/c1-22-15-6-5-13(8-14(15)17)19-16(21)18-9-11-3-2-4-12(7-11)10-20/h2-8,20H,9-10H2,1H3,(H2,18,19,21). The summed E-state index contributed by atoms with van der Waals surface area (Å²) in [5.74, 6) is -0.360. The third-order valence-electron chi connectivity index (χ3n) is 3.04. The molecule has 116 valence electrons. The van der Waals surface area contributed by atoms with Gasteiger partial charge in [0.25, 0.3) is 0 Å². The molecule has 0 bridgehead atoms. The Kier molecular flexibility index (Phi) is 5.80. The Bertz CT molecular complexity index is 664. The van der Waals surface area contributed by atoms with E-state index in [2.05, 4.69) is 10.6 Å². The van der Waals surface area contributed by atoms with Crippen LogP contribution in [0.1, 0.15) is 11.1 Å². The highest BCUT2D eigenvalue weighted by Crippen LogP contribution is 2.22. The van der Waals surface area contributed by atoms with Crippen molar-refractivity contribution < 1.29 is 14.3 Å². The summed E-state index contributed by atoms with van der Waals surface area (Å²) in [5.41, 5.74) is 2.07. The quantitative estimate of drug-likeness (QED) is 0.740. The molecule has 0 spiro atoms. The lowest BCUT2D eigenvalue weighted by molar-refractivity contribution is 0.251. The number of thioether (sulfide) groups is 1. The van der Waals surface area contributed by atoms with Crippen LogP contribution in [0.25, 0.3) is 0 Å². The number of urea groups is 1. The smallest absolute Gasteiger partial charge is 0.319 e.